The van der Waals surface area contributed by atoms with Gasteiger partial charge in [-0.15, -0.1) is 0 Å². The van der Waals surface area contributed by atoms with Gasteiger partial charge >= 0.3 is 0 Å². The van der Waals surface area contributed by atoms with E-state index in [-0.39, 0.29) is 11.6 Å². The van der Waals surface area contributed by atoms with Crippen LogP contribution in [0.15, 0.2) is 197 Å². The predicted octanol–water partition coefficient (Wildman–Crippen LogP) is 15.9. The van der Waals surface area contributed by atoms with Crippen molar-refractivity contribution >= 4 is 116 Å². The maximum Gasteiger partial charge on any atom is 0.160 e. The van der Waals surface area contributed by atoms with Gasteiger partial charge in [0.15, 0.2) is 11.2 Å². The molecule has 0 aliphatic heterocycles. The van der Waals surface area contributed by atoms with Gasteiger partial charge in [0.25, 0.3) is 0 Å². The van der Waals surface area contributed by atoms with E-state index >= 15 is 8.78 Å². The van der Waals surface area contributed by atoms with Crippen molar-refractivity contribution in [3.8, 4) is 0 Å². The number of aromatic nitrogens is 1. The molecule has 7 heteroatoms. The maximum absolute atomic E-state index is 16.3. The van der Waals surface area contributed by atoms with Crippen molar-refractivity contribution in [3.63, 3.8) is 0 Å². The predicted molar refractivity (Wildman–Crippen MR) is 245 cm³/mol. The summed E-state index contributed by atoms with van der Waals surface area (Å²) in [4.78, 5) is 4.03. The van der Waals surface area contributed by atoms with Crippen molar-refractivity contribution in [1.82, 2.24) is 4.40 Å². The number of rotatable bonds is 6. The van der Waals surface area contributed by atoms with Gasteiger partial charge in [0.1, 0.15) is 33.8 Å². The van der Waals surface area contributed by atoms with Gasteiger partial charge in [-0.25, -0.2) is 8.78 Å². The van der Waals surface area contributed by atoms with Gasteiger partial charge in [-0.1, -0.05) is 115 Å². The first-order valence-electron chi connectivity index (χ1n) is 20.2. The second-order valence-corrected chi connectivity index (χ2v) is 15.5. The third kappa shape index (κ3) is 4.68. The van der Waals surface area contributed by atoms with Crippen LogP contribution in [0.1, 0.15) is 0 Å². The molecular weight excluding hydrogens is 761 g/mol. The second-order valence-electron chi connectivity index (χ2n) is 15.5. The number of furan rings is 2. The highest BCUT2D eigenvalue weighted by Gasteiger charge is 2.32. The molecule has 0 saturated heterocycles. The topological polar surface area (TPSA) is 37.2 Å². The molecule has 13 aromatic rings. The van der Waals surface area contributed by atoms with Crippen LogP contribution in [0.2, 0.25) is 0 Å². The molecule has 0 aliphatic rings. The molecule has 0 bridgehead atoms. The van der Waals surface area contributed by atoms with Crippen molar-refractivity contribution in [1.29, 1.82) is 0 Å². The molecule has 5 nitrogen and oxygen atoms in total. The lowest BCUT2D eigenvalue weighted by atomic mass is 10.0. The lowest BCUT2D eigenvalue weighted by Gasteiger charge is -2.27. The van der Waals surface area contributed by atoms with Crippen LogP contribution in [0.25, 0.3) is 82.0 Å². The molecule has 9 aromatic carbocycles. The van der Waals surface area contributed by atoms with E-state index in [1.165, 1.54) is 12.1 Å². The minimum Gasteiger partial charge on any atom is -0.454 e. The summed E-state index contributed by atoms with van der Waals surface area (Å²) in [6.07, 6.45) is 0. The zero-order valence-electron chi connectivity index (χ0n) is 32.3. The van der Waals surface area contributed by atoms with Crippen LogP contribution in [0.4, 0.5) is 42.9 Å². The quantitative estimate of drug-likeness (QED) is 0.168. The number of anilines is 6. The van der Waals surface area contributed by atoms with Gasteiger partial charge in [0.2, 0.25) is 0 Å². The summed E-state index contributed by atoms with van der Waals surface area (Å²) in [5.74, 6) is -0.692. The van der Waals surface area contributed by atoms with Crippen LogP contribution in [0.5, 0.6) is 0 Å². The van der Waals surface area contributed by atoms with Crippen LogP contribution < -0.4 is 9.80 Å². The van der Waals surface area contributed by atoms with Crippen LogP contribution in [-0.2, 0) is 0 Å². The number of halogens is 2. The Balaban J connectivity index is 1.29. The summed E-state index contributed by atoms with van der Waals surface area (Å²) < 4.78 is 48.8. The average molecular weight is 792 g/mol. The lowest BCUT2D eigenvalue weighted by molar-refractivity contribution is 0.628. The van der Waals surface area contributed by atoms with Gasteiger partial charge in [-0.3, -0.25) is 0 Å². The molecule has 0 amide bonds. The Morgan fingerprint density at radius 1 is 0.344 bits per heavy atom. The van der Waals surface area contributed by atoms with Crippen molar-refractivity contribution in [2.24, 2.45) is 0 Å². The number of para-hydroxylation sites is 7. The molecule has 0 saturated carbocycles. The zero-order valence-corrected chi connectivity index (χ0v) is 32.3. The highest BCUT2D eigenvalue weighted by atomic mass is 19.1. The summed E-state index contributed by atoms with van der Waals surface area (Å²) in [7, 11) is 0. The highest BCUT2D eigenvalue weighted by molar-refractivity contribution is 6.36. The summed E-state index contributed by atoms with van der Waals surface area (Å²) in [6.45, 7) is 0. The van der Waals surface area contributed by atoms with E-state index in [9.17, 15) is 0 Å². The molecule has 0 N–H and O–H groups in total. The Kier molecular flexibility index (Phi) is 7.02. The van der Waals surface area contributed by atoms with Crippen molar-refractivity contribution in [2.45, 2.75) is 0 Å². The van der Waals surface area contributed by atoms with E-state index in [1.807, 2.05) is 131 Å². The maximum atomic E-state index is 16.3. The Morgan fingerprint density at radius 3 is 1.20 bits per heavy atom. The molecule has 0 spiro atoms. The Morgan fingerprint density at radius 2 is 0.738 bits per heavy atom. The summed E-state index contributed by atoms with van der Waals surface area (Å²) >= 11 is 0. The van der Waals surface area contributed by atoms with E-state index in [4.69, 9.17) is 8.83 Å². The van der Waals surface area contributed by atoms with Crippen LogP contribution in [-0.4, -0.2) is 4.40 Å². The Hall–Kier alpha value is -8.16. The SMILES string of the molecule is Fc1ccccc1N(c1ccccc1)c1cc2c3ccccc3oc2c2c1c1cccc3c4c(N(c5ccccc5)c5ccccc5F)cc5c6ccccc6oc5c4n2c13. The summed E-state index contributed by atoms with van der Waals surface area (Å²) in [6, 6.07) is 60.4. The third-order valence-corrected chi connectivity index (χ3v) is 12.2. The number of fused-ring (bicyclic) bond motifs is 14. The first kappa shape index (κ1) is 33.8. The molecule has 4 heterocycles. The van der Waals surface area contributed by atoms with Gasteiger partial charge in [0, 0.05) is 54.5 Å². The van der Waals surface area contributed by atoms with E-state index in [0.29, 0.717) is 22.5 Å². The highest BCUT2D eigenvalue weighted by Crippen LogP contribution is 2.54. The molecule has 0 aliphatic carbocycles. The standard InChI is InChI=1S/C54H31F2N3O2/c55-40-24-9-11-26-42(40)57(32-16-3-1-4-17-32)44-30-38-34-20-7-13-28-46(34)60-53(38)51-48(44)36-22-15-23-37-49-45(58(33-18-5-2-6-19-33)43-27-12-10-25-41(43)56)31-39-35-21-8-14-29-47(35)61-54(39)52(49)59(51)50(36)37/h1-31H. The fraction of sp³-hybridized carbons (Fsp3) is 0. The van der Waals surface area contributed by atoms with Crippen LogP contribution in [0.3, 0.4) is 0 Å². The summed E-state index contributed by atoms with van der Waals surface area (Å²) in [5, 5.41) is 7.34. The molecule has 0 unspecified atom stereocenters. The molecule has 4 aromatic heterocycles. The Bertz CT molecular complexity index is 3620. The first-order chi connectivity index (χ1) is 30.1. The van der Waals surface area contributed by atoms with E-state index in [1.54, 1.807) is 12.1 Å². The fourth-order valence-electron chi connectivity index (χ4n) is 9.73. The molecule has 0 radical (unpaired) electrons. The Labute approximate surface area is 346 Å². The normalized spacial score (nSPS) is 12.1. The number of benzene rings is 9. The van der Waals surface area contributed by atoms with Gasteiger partial charge in [-0.05, 0) is 72.8 Å². The molecular formula is C54H31F2N3O2. The van der Waals surface area contributed by atoms with E-state index in [2.05, 4.69) is 46.9 Å². The zero-order chi connectivity index (χ0) is 40.3. The molecule has 0 atom stereocenters. The number of nitrogens with zero attached hydrogens (tertiary/aromatic N) is 3. The monoisotopic (exact) mass is 791 g/mol. The molecule has 288 valence electrons. The minimum atomic E-state index is -0.346. The lowest BCUT2D eigenvalue weighted by Crippen LogP contribution is -2.12. The van der Waals surface area contributed by atoms with Gasteiger partial charge < -0.3 is 23.0 Å². The second kappa shape index (κ2) is 12.7. The van der Waals surface area contributed by atoms with Crippen molar-refractivity contribution in [3.05, 3.63) is 200 Å². The minimum absolute atomic E-state index is 0.346. The van der Waals surface area contributed by atoms with Crippen LogP contribution in [0, 0.1) is 11.6 Å². The molecule has 61 heavy (non-hydrogen) atoms. The van der Waals surface area contributed by atoms with Crippen molar-refractivity contribution in [2.75, 3.05) is 9.80 Å². The average Bonchev–Trinajstić information content (AvgIpc) is 4.06. The summed E-state index contributed by atoms with van der Waals surface area (Å²) in [5.41, 5.74) is 9.48. The molecule has 0 fully saturated rings. The van der Waals surface area contributed by atoms with Gasteiger partial charge in [-0.2, -0.15) is 0 Å². The van der Waals surface area contributed by atoms with E-state index < -0.39 is 0 Å². The van der Waals surface area contributed by atoms with Crippen molar-refractivity contribution < 1.29 is 17.6 Å². The number of hydrogen-bond acceptors (Lipinski definition) is 4. The van der Waals surface area contributed by atoms with E-state index in [0.717, 1.165) is 93.6 Å². The first-order valence-corrected chi connectivity index (χ1v) is 20.2. The number of hydrogen-bond donors (Lipinski definition) is 0. The third-order valence-electron chi connectivity index (χ3n) is 12.2. The molecule has 13 rings (SSSR count). The van der Waals surface area contributed by atoms with Crippen LogP contribution >= 0.6 is 0 Å². The smallest absolute Gasteiger partial charge is 0.160 e. The van der Waals surface area contributed by atoms with Gasteiger partial charge in [0.05, 0.1) is 28.3 Å². The largest absolute Gasteiger partial charge is 0.454 e. The fourth-order valence-corrected chi connectivity index (χ4v) is 9.73.